The van der Waals surface area contributed by atoms with E-state index in [2.05, 4.69) is 39.8 Å². The molecule has 1 aromatic rings. The Bertz CT molecular complexity index is 405. The SMILES string of the molecule is CCN1CCC(Cn2cc(C)nc2NCCCOC)C1. The molecule has 0 bridgehead atoms. The van der Waals surface area contributed by atoms with Crippen molar-refractivity contribution >= 4 is 5.95 Å². The lowest BCUT2D eigenvalue weighted by Gasteiger charge is -2.15. The van der Waals surface area contributed by atoms with E-state index in [-0.39, 0.29) is 0 Å². The molecule has 1 unspecified atom stereocenters. The van der Waals surface area contributed by atoms with Crippen molar-refractivity contribution in [3.05, 3.63) is 11.9 Å². The Hall–Kier alpha value is -1.07. The van der Waals surface area contributed by atoms with Crippen molar-refractivity contribution in [1.82, 2.24) is 14.5 Å². The average molecular weight is 280 g/mol. The minimum absolute atomic E-state index is 0.753. The van der Waals surface area contributed by atoms with E-state index in [0.717, 1.165) is 43.7 Å². The lowest BCUT2D eigenvalue weighted by molar-refractivity contribution is 0.197. The summed E-state index contributed by atoms with van der Waals surface area (Å²) in [7, 11) is 1.74. The number of methoxy groups -OCH3 is 1. The van der Waals surface area contributed by atoms with Gasteiger partial charge in [-0.1, -0.05) is 6.92 Å². The largest absolute Gasteiger partial charge is 0.385 e. The van der Waals surface area contributed by atoms with E-state index in [1.54, 1.807) is 7.11 Å². The topological polar surface area (TPSA) is 42.3 Å². The number of anilines is 1. The highest BCUT2D eigenvalue weighted by Gasteiger charge is 2.22. The van der Waals surface area contributed by atoms with E-state index >= 15 is 0 Å². The maximum absolute atomic E-state index is 5.07. The number of aromatic nitrogens is 2. The number of hydrogen-bond donors (Lipinski definition) is 1. The molecule has 5 nitrogen and oxygen atoms in total. The fourth-order valence-electron chi connectivity index (χ4n) is 2.87. The molecule has 1 saturated heterocycles. The first-order valence-electron chi connectivity index (χ1n) is 7.71. The summed E-state index contributed by atoms with van der Waals surface area (Å²) in [6.45, 7) is 10.7. The summed E-state index contributed by atoms with van der Waals surface area (Å²) in [6, 6.07) is 0. The lowest BCUT2D eigenvalue weighted by atomic mass is 10.1. The summed E-state index contributed by atoms with van der Waals surface area (Å²) in [5, 5.41) is 3.43. The molecule has 0 amide bonds. The molecular weight excluding hydrogens is 252 g/mol. The van der Waals surface area contributed by atoms with E-state index in [1.807, 2.05) is 0 Å². The van der Waals surface area contributed by atoms with Crippen LogP contribution in [0.1, 0.15) is 25.5 Å². The van der Waals surface area contributed by atoms with E-state index in [1.165, 1.54) is 26.1 Å². The van der Waals surface area contributed by atoms with Crippen LogP contribution >= 0.6 is 0 Å². The van der Waals surface area contributed by atoms with Gasteiger partial charge in [-0.2, -0.15) is 0 Å². The average Bonchev–Trinajstić information content (AvgIpc) is 3.02. The van der Waals surface area contributed by atoms with Crippen LogP contribution < -0.4 is 5.32 Å². The van der Waals surface area contributed by atoms with Crippen molar-refractivity contribution in [3.63, 3.8) is 0 Å². The second-order valence-corrected chi connectivity index (χ2v) is 5.68. The molecule has 1 N–H and O–H groups in total. The number of nitrogens with zero attached hydrogens (tertiary/aromatic N) is 3. The minimum Gasteiger partial charge on any atom is -0.385 e. The van der Waals surface area contributed by atoms with Gasteiger partial charge in [-0.05, 0) is 38.8 Å². The number of nitrogens with one attached hydrogen (secondary N) is 1. The maximum atomic E-state index is 5.07. The summed E-state index contributed by atoms with van der Waals surface area (Å²) in [5.74, 6) is 1.76. The molecule has 20 heavy (non-hydrogen) atoms. The van der Waals surface area contributed by atoms with Crippen LogP contribution in [-0.4, -0.2) is 54.3 Å². The summed E-state index contributed by atoms with van der Waals surface area (Å²) in [6.07, 6.45) is 4.47. The summed E-state index contributed by atoms with van der Waals surface area (Å²) in [5.41, 5.74) is 1.09. The first-order valence-corrected chi connectivity index (χ1v) is 7.71. The Morgan fingerprint density at radius 1 is 1.50 bits per heavy atom. The van der Waals surface area contributed by atoms with Gasteiger partial charge in [0.05, 0.1) is 5.69 Å². The van der Waals surface area contributed by atoms with E-state index in [4.69, 9.17) is 4.74 Å². The number of hydrogen-bond acceptors (Lipinski definition) is 4. The normalized spacial score (nSPS) is 19.6. The highest BCUT2D eigenvalue weighted by molar-refractivity contribution is 5.28. The first kappa shape index (κ1) is 15.3. The van der Waals surface area contributed by atoms with Crippen LogP contribution in [0.5, 0.6) is 0 Å². The fraction of sp³-hybridized carbons (Fsp3) is 0.800. The van der Waals surface area contributed by atoms with Gasteiger partial charge in [-0.25, -0.2) is 4.98 Å². The zero-order valence-electron chi connectivity index (χ0n) is 13.1. The molecule has 1 aliphatic rings. The highest BCUT2D eigenvalue weighted by atomic mass is 16.5. The van der Waals surface area contributed by atoms with Crippen LogP contribution in [0, 0.1) is 12.8 Å². The fourth-order valence-corrected chi connectivity index (χ4v) is 2.87. The van der Waals surface area contributed by atoms with Crippen molar-refractivity contribution in [2.24, 2.45) is 5.92 Å². The Kier molecular flexibility index (Phi) is 5.86. The predicted molar refractivity (Wildman–Crippen MR) is 82.2 cm³/mol. The smallest absolute Gasteiger partial charge is 0.203 e. The van der Waals surface area contributed by atoms with Crippen LogP contribution in [0.15, 0.2) is 6.20 Å². The Morgan fingerprint density at radius 2 is 2.35 bits per heavy atom. The number of aryl methyl sites for hydroxylation is 1. The van der Waals surface area contributed by atoms with Gasteiger partial charge < -0.3 is 19.5 Å². The minimum atomic E-state index is 0.753. The summed E-state index contributed by atoms with van der Waals surface area (Å²) < 4.78 is 7.36. The zero-order valence-corrected chi connectivity index (χ0v) is 13.1. The monoisotopic (exact) mass is 280 g/mol. The summed E-state index contributed by atoms with van der Waals surface area (Å²) >= 11 is 0. The third-order valence-corrected chi connectivity index (χ3v) is 3.98. The molecule has 2 heterocycles. The molecule has 0 spiro atoms. The van der Waals surface area contributed by atoms with Crippen molar-refractivity contribution in [2.75, 3.05) is 45.2 Å². The van der Waals surface area contributed by atoms with Crippen LogP contribution in [-0.2, 0) is 11.3 Å². The highest BCUT2D eigenvalue weighted by Crippen LogP contribution is 2.20. The van der Waals surface area contributed by atoms with Gasteiger partial charge in [0.2, 0.25) is 5.95 Å². The number of ether oxygens (including phenoxy) is 1. The molecule has 1 fully saturated rings. The quantitative estimate of drug-likeness (QED) is 0.739. The van der Waals surface area contributed by atoms with Gasteiger partial charge in [-0.3, -0.25) is 0 Å². The second kappa shape index (κ2) is 7.64. The van der Waals surface area contributed by atoms with Gasteiger partial charge in [0.1, 0.15) is 0 Å². The number of rotatable bonds is 8. The van der Waals surface area contributed by atoms with Crippen LogP contribution in [0.4, 0.5) is 5.95 Å². The number of likely N-dealkylation sites (tertiary alicyclic amines) is 1. The molecule has 5 heteroatoms. The summed E-state index contributed by atoms with van der Waals surface area (Å²) in [4.78, 5) is 7.11. The van der Waals surface area contributed by atoms with Crippen LogP contribution in [0.3, 0.4) is 0 Å². The molecule has 0 aliphatic carbocycles. The van der Waals surface area contributed by atoms with E-state index < -0.39 is 0 Å². The Balaban J connectivity index is 1.87. The van der Waals surface area contributed by atoms with Crippen LogP contribution in [0.2, 0.25) is 0 Å². The molecule has 1 aliphatic heterocycles. The number of imidazole rings is 1. The maximum Gasteiger partial charge on any atom is 0.203 e. The van der Waals surface area contributed by atoms with Crippen molar-refractivity contribution in [1.29, 1.82) is 0 Å². The molecule has 0 radical (unpaired) electrons. The molecule has 1 atom stereocenters. The van der Waals surface area contributed by atoms with Gasteiger partial charge in [0.15, 0.2) is 0 Å². The van der Waals surface area contributed by atoms with Gasteiger partial charge in [-0.15, -0.1) is 0 Å². The Labute approximate surface area is 122 Å². The van der Waals surface area contributed by atoms with Crippen molar-refractivity contribution in [2.45, 2.75) is 33.2 Å². The Morgan fingerprint density at radius 3 is 3.05 bits per heavy atom. The molecular formula is C15H28N4O. The van der Waals surface area contributed by atoms with Crippen LogP contribution in [0.25, 0.3) is 0 Å². The molecule has 1 aromatic heterocycles. The van der Waals surface area contributed by atoms with Gasteiger partial charge >= 0.3 is 0 Å². The zero-order chi connectivity index (χ0) is 14.4. The first-order chi connectivity index (χ1) is 9.72. The van der Waals surface area contributed by atoms with Gasteiger partial charge in [0, 0.05) is 39.5 Å². The third-order valence-electron chi connectivity index (χ3n) is 3.98. The molecule has 0 saturated carbocycles. The van der Waals surface area contributed by atoms with Gasteiger partial charge in [0.25, 0.3) is 0 Å². The van der Waals surface area contributed by atoms with E-state index in [0.29, 0.717) is 0 Å². The van der Waals surface area contributed by atoms with Crippen molar-refractivity contribution in [3.8, 4) is 0 Å². The molecule has 0 aromatic carbocycles. The predicted octanol–water partition coefficient (Wildman–Crippen LogP) is 1.98. The molecule has 2 rings (SSSR count). The van der Waals surface area contributed by atoms with Crippen molar-refractivity contribution < 1.29 is 4.74 Å². The lowest BCUT2D eigenvalue weighted by Crippen LogP contribution is -2.21. The third kappa shape index (κ3) is 4.21. The standard InChI is InChI=1S/C15H28N4O/c1-4-18-8-6-14(11-18)12-19-10-13(2)17-15(19)16-7-5-9-20-3/h10,14H,4-9,11-12H2,1-3H3,(H,16,17). The second-order valence-electron chi connectivity index (χ2n) is 5.68. The van der Waals surface area contributed by atoms with E-state index in [9.17, 15) is 0 Å². The molecule has 114 valence electrons.